The van der Waals surface area contributed by atoms with Crippen molar-refractivity contribution in [3.05, 3.63) is 35.5 Å². The van der Waals surface area contributed by atoms with E-state index in [0.717, 1.165) is 12.8 Å². The maximum atomic E-state index is 11.4. The fraction of sp³-hybridized carbons (Fsp3) is 0.767. The van der Waals surface area contributed by atoms with Crippen molar-refractivity contribution >= 4 is 5.97 Å². The minimum Gasteiger partial charge on any atom is -0.462 e. The maximum absolute atomic E-state index is 11.4. The Labute approximate surface area is 213 Å². The van der Waals surface area contributed by atoms with Gasteiger partial charge in [0.05, 0.1) is 11.7 Å². The SMILES string of the molecule is COCOC(C)(C)C/C=C/[C@@H](C)[C@H]1CC[C@H]2/C(=C/C=C3/C[C@@H](O)C[C@H](OC(C)=O)C3)CCC[C@]12C. The number of methoxy groups -OCH3 is 1. The lowest BCUT2D eigenvalue weighted by atomic mass is 9.61. The molecule has 0 unspecified atom stereocenters. The molecule has 5 nitrogen and oxygen atoms in total. The number of hydrogen-bond acceptors (Lipinski definition) is 5. The summed E-state index contributed by atoms with van der Waals surface area (Å²) in [6, 6.07) is 0. The Morgan fingerprint density at radius 2 is 2.03 bits per heavy atom. The summed E-state index contributed by atoms with van der Waals surface area (Å²) in [7, 11) is 1.66. The van der Waals surface area contributed by atoms with Crippen LogP contribution in [0.3, 0.4) is 0 Å². The van der Waals surface area contributed by atoms with Crippen molar-refractivity contribution in [1.29, 1.82) is 0 Å². The first-order valence-corrected chi connectivity index (χ1v) is 13.6. The lowest BCUT2D eigenvalue weighted by molar-refractivity contribution is -0.148. The number of ether oxygens (including phenoxy) is 3. The van der Waals surface area contributed by atoms with Gasteiger partial charge in [-0.25, -0.2) is 0 Å². The summed E-state index contributed by atoms with van der Waals surface area (Å²) < 4.78 is 16.3. The lowest BCUT2D eigenvalue weighted by Gasteiger charge is -2.44. The molecule has 3 aliphatic rings. The fourth-order valence-corrected chi connectivity index (χ4v) is 6.96. The molecular formula is C30H48O5. The van der Waals surface area contributed by atoms with Gasteiger partial charge in [-0.1, -0.05) is 49.3 Å². The summed E-state index contributed by atoms with van der Waals surface area (Å²) in [6.45, 7) is 10.9. The van der Waals surface area contributed by atoms with Gasteiger partial charge in [0.1, 0.15) is 12.9 Å². The zero-order valence-electron chi connectivity index (χ0n) is 22.8. The molecule has 0 aliphatic heterocycles. The topological polar surface area (TPSA) is 65.0 Å². The largest absolute Gasteiger partial charge is 0.462 e. The lowest BCUT2D eigenvalue weighted by Crippen LogP contribution is -2.35. The average Bonchev–Trinajstić information content (AvgIpc) is 3.13. The molecule has 3 rings (SSSR count). The number of fused-ring (bicyclic) bond motifs is 1. The van der Waals surface area contributed by atoms with Crippen LogP contribution < -0.4 is 0 Å². The summed E-state index contributed by atoms with van der Waals surface area (Å²) in [5.41, 5.74) is 2.88. The number of aliphatic hydroxyl groups is 1. The van der Waals surface area contributed by atoms with Crippen LogP contribution in [0, 0.1) is 23.2 Å². The normalized spacial score (nSPS) is 34.9. The molecule has 3 saturated carbocycles. The molecule has 6 atom stereocenters. The van der Waals surface area contributed by atoms with E-state index in [9.17, 15) is 9.90 Å². The Hall–Kier alpha value is -1.43. The number of hydrogen-bond donors (Lipinski definition) is 1. The van der Waals surface area contributed by atoms with E-state index < -0.39 is 6.10 Å². The van der Waals surface area contributed by atoms with Crippen LogP contribution in [0.2, 0.25) is 0 Å². The molecule has 0 aromatic heterocycles. The van der Waals surface area contributed by atoms with Gasteiger partial charge in [-0.05, 0) is 82.0 Å². The first-order chi connectivity index (χ1) is 16.5. The molecule has 0 saturated heterocycles. The predicted molar refractivity (Wildman–Crippen MR) is 140 cm³/mol. The Kier molecular flexibility index (Phi) is 9.82. The molecule has 0 aromatic rings. The molecule has 3 aliphatic carbocycles. The number of carbonyl (C=O) groups excluding carboxylic acids is 1. The summed E-state index contributed by atoms with van der Waals surface area (Å²) in [5.74, 6) is 1.59. The predicted octanol–water partition coefficient (Wildman–Crippen LogP) is 6.51. The second-order valence-electron chi connectivity index (χ2n) is 12.0. The summed E-state index contributed by atoms with van der Waals surface area (Å²) >= 11 is 0. The van der Waals surface area contributed by atoms with Gasteiger partial charge in [0, 0.05) is 26.9 Å². The molecule has 35 heavy (non-hydrogen) atoms. The highest BCUT2D eigenvalue weighted by atomic mass is 16.7. The molecule has 0 spiro atoms. The van der Waals surface area contributed by atoms with Gasteiger partial charge in [-0.3, -0.25) is 4.79 Å². The first-order valence-electron chi connectivity index (χ1n) is 13.6. The summed E-state index contributed by atoms with van der Waals surface area (Å²) in [5, 5.41) is 10.3. The van der Waals surface area contributed by atoms with Gasteiger partial charge in [0.25, 0.3) is 0 Å². The van der Waals surface area contributed by atoms with Crippen molar-refractivity contribution < 1.29 is 24.1 Å². The third-order valence-corrected chi connectivity index (χ3v) is 8.68. The number of allylic oxidation sites excluding steroid dienone is 4. The van der Waals surface area contributed by atoms with Crippen LogP contribution in [-0.4, -0.2) is 42.8 Å². The Morgan fingerprint density at radius 3 is 2.74 bits per heavy atom. The highest BCUT2D eigenvalue weighted by Gasteiger charge is 2.50. The van der Waals surface area contributed by atoms with E-state index in [-0.39, 0.29) is 17.7 Å². The van der Waals surface area contributed by atoms with Crippen LogP contribution in [0.5, 0.6) is 0 Å². The summed E-state index contributed by atoms with van der Waals surface area (Å²) in [4.78, 5) is 11.4. The van der Waals surface area contributed by atoms with E-state index in [1.54, 1.807) is 12.7 Å². The Balaban J connectivity index is 1.66. The first kappa shape index (κ1) is 28.1. The molecule has 0 aromatic carbocycles. The standard InChI is InChI=1S/C30H48O5/c1-21(9-7-15-29(3,4)34-20-33-6)27-13-14-28-24(10-8-16-30(27,28)5)12-11-23-17-25(32)19-26(18-23)35-22(2)31/h7,9,11-12,21,25-28,32H,8,10,13-20H2,1-6H3/b9-7+,23-11-,24-12+/t21-,25-,26-,27-,28+,30-/m1/s1. The van der Waals surface area contributed by atoms with Crippen molar-refractivity contribution in [3.8, 4) is 0 Å². The smallest absolute Gasteiger partial charge is 0.302 e. The minimum absolute atomic E-state index is 0.203. The van der Waals surface area contributed by atoms with Gasteiger partial charge in [-0.2, -0.15) is 0 Å². The van der Waals surface area contributed by atoms with Gasteiger partial charge in [0.2, 0.25) is 0 Å². The van der Waals surface area contributed by atoms with Crippen molar-refractivity contribution in [2.24, 2.45) is 23.2 Å². The third kappa shape index (κ3) is 7.53. The van der Waals surface area contributed by atoms with Crippen molar-refractivity contribution in [2.45, 2.75) is 110 Å². The van der Waals surface area contributed by atoms with Crippen LogP contribution in [-0.2, 0) is 19.0 Å². The molecule has 5 heteroatoms. The van der Waals surface area contributed by atoms with Crippen LogP contribution in [0.25, 0.3) is 0 Å². The number of aliphatic hydroxyl groups excluding tert-OH is 1. The molecule has 0 bridgehead atoms. The Bertz CT molecular complexity index is 810. The number of rotatable bonds is 9. The maximum Gasteiger partial charge on any atom is 0.302 e. The van der Waals surface area contributed by atoms with E-state index >= 15 is 0 Å². The van der Waals surface area contributed by atoms with Crippen LogP contribution in [0.4, 0.5) is 0 Å². The Morgan fingerprint density at radius 1 is 1.26 bits per heavy atom. The van der Waals surface area contributed by atoms with E-state index in [1.165, 1.54) is 44.6 Å². The quantitative estimate of drug-likeness (QED) is 0.228. The van der Waals surface area contributed by atoms with E-state index in [4.69, 9.17) is 14.2 Å². The van der Waals surface area contributed by atoms with Crippen molar-refractivity contribution in [1.82, 2.24) is 0 Å². The number of carbonyl (C=O) groups is 1. The van der Waals surface area contributed by atoms with Crippen molar-refractivity contribution in [2.75, 3.05) is 13.9 Å². The molecule has 0 amide bonds. The van der Waals surface area contributed by atoms with Crippen LogP contribution in [0.15, 0.2) is 35.5 Å². The fourth-order valence-electron chi connectivity index (χ4n) is 6.96. The zero-order valence-corrected chi connectivity index (χ0v) is 22.8. The van der Waals surface area contributed by atoms with Crippen LogP contribution >= 0.6 is 0 Å². The van der Waals surface area contributed by atoms with Crippen LogP contribution in [0.1, 0.15) is 92.4 Å². The van der Waals surface area contributed by atoms with Gasteiger partial charge >= 0.3 is 5.97 Å². The zero-order chi connectivity index (χ0) is 25.6. The average molecular weight is 489 g/mol. The number of esters is 1. The monoisotopic (exact) mass is 488 g/mol. The molecule has 0 heterocycles. The molecular weight excluding hydrogens is 440 g/mol. The van der Waals surface area contributed by atoms with Crippen molar-refractivity contribution in [3.63, 3.8) is 0 Å². The molecule has 1 N–H and O–H groups in total. The second kappa shape index (κ2) is 12.2. The van der Waals surface area contributed by atoms with Gasteiger partial charge in [-0.15, -0.1) is 0 Å². The van der Waals surface area contributed by atoms with E-state index in [2.05, 4.69) is 52.0 Å². The van der Waals surface area contributed by atoms with E-state index in [0.29, 0.717) is 42.8 Å². The van der Waals surface area contributed by atoms with Gasteiger partial charge < -0.3 is 19.3 Å². The molecule has 198 valence electrons. The molecule has 0 radical (unpaired) electrons. The van der Waals surface area contributed by atoms with E-state index in [1.807, 2.05) is 0 Å². The summed E-state index contributed by atoms with van der Waals surface area (Å²) in [6.07, 6.45) is 17.7. The minimum atomic E-state index is -0.428. The third-order valence-electron chi connectivity index (χ3n) is 8.68. The van der Waals surface area contributed by atoms with Gasteiger partial charge in [0.15, 0.2) is 0 Å². The highest BCUT2D eigenvalue weighted by molar-refractivity contribution is 5.66. The highest BCUT2D eigenvalue weighted by Crippen LogP contribution is 2.59. The second-order valence-corrected chi connectivity index (χ2v) is 12.0. The molecule has 3 fully saturated rings.